The van der Waals surface area contributed by atoms with Crippen molar-refractivity contribution in [1.82, 2.24) is 5.32 Å². The second-order valence-corrected chi connectivity index (χ2v) is 3.21. The van der Waals surface area contributed by atoms with E-state index in [1.165, 1.54) is 7.11 Å². The molecule has 3 N–H and O–H groups in total. The Morgan fingerprint density at radius 1 is 1.50 bits per heavy atom. The molecule has 0 aromatic heterocycles. The molecule has 14 heavy (non-hydrogen) atoms. The molecule has 5 nitrogen and oxygen atoms in total. The SMILES string of the molecule is CCC(C)C(N)C(=O)NCC(=O)OC. The Bertz CT molecular complexity index is 206. The lowest BCUT2D eigenvalue weighted by atomic mass is 9.99. The number of ether oxygens (including phenoxy) is 1. The average Bonchev–Trinajstić information content (AvgIpc) is 2.22. The molecule has 0 saturated heterocycles. The average molecular weight is 202 g/mol. The summed E-state index contributed by atoms with van der Waals surface area (Å²) in [5.74, 6) is -0.688. The van der Waals surface area contributed by atoms with Crippen molar-refractivity contribution in [2.24, 2.45) is 11.7 Å². The topological polar surface area (TPSA) is 81.4 Å². The first-order chi connectivity index (χ1) is 6.52. The van der Waals surface area contributed by atoms with Crippen LogP contribution in [-0.4, -0.2) is 31.6 Å². The van der Waals surface area contributed by atoms with E-state index in [1.807, 2.05) is 13.8 Å². The van der Waals surface area contributed by atoms with E-state index < -0.39 is 12.0 Å². The van der Waals surface area contributed by atoms with Crippen molar-refractivity contribution in [1.29, 1.82) is 0 Å². The number of nitrogens with two attached hydrogens (primary N) is 1. The highest BCUT2D eigenvalue weighted by molar-refractivity contribution is 5.85. The van der Waals surface area contributed by atoms with Gasteiger partial charge < -0.3 is 15.8 Å². The fourth-order valence-corrected chi connectivity index (χ4v) is 0.862. The van der Waals surface area contributed by atoms with Crippen molar-refractivity contribution < 1.29 is 14.3 Å². The predicted molar refractivity (Wildman–Crippen MR) is 52.5 cm³/mol. The zero-order valence-electron chi connectivity index (χ0n) is 8.87. The van der Waals surface area contributed by atoms with E-state index in [4.69, 9.17) is 5.73 Å². The molecule has 0 aliphatic rings. The van der Waals surface area contributed by atoms with Crippen LogP contribution in [0, 0.1) is 5.92 Å². The van der Waals surface area contributed by atoms with E-state index in [-0.39, 0.29) is 18.4 Å². The van der Waals surface area contributed by atoms with Crippen molar-refractivity contribution in [2.45, 2.75) is 26.3 Å². The van der Waals surface area contributed by atoms with Gasteiger partial charge in [0, 0.05) is 0 Å². The highest BCUT2D eigenvalue weighted by atomic mass is 16.5. The Hall–Kier alpha value is -1.10. The van der Waals surface area contributed by atoms with Gasteiger partial charge in [0.1, 0.15) is 6.54 Å². The minimum atomic E-state index is -0.565. The van der Waals surface area contributed by atoms with Crippen LogP contribution in [0.4, 0.5) is 0 Å². The number of rotatable bonds is 5. The van der Waals surface area contributed by atoms with Gasteiger partial charge in [0.25, 0.3) is 0 Å². The second-order valence-electron chi connectivity index (χ2n) is 3.21. The van der Waals surface area contributed by atoms with Crippen LogP contribution in [0.1, 0.15) is 20.3 Å². The molecule has 0 aromatic carbocycles. The molecule has 0 spiro atoms. The molecule has 0 heterocycles. The highest BCUT2D eigenvalue weighted by Gasteiger charge is 2.19. The third-order valence-electron chi connectivity index (χ3n) is 2.19. The Kier molecular flexibility index (Phi) is 5.87. The maximum absolute atomic E-state index is 11.3. The normalized spacial score (nSPS) is 14.3. The number of hydrogen-bond donors (Lipinski definition) is 2. The maximum atomic E-state index is 11.3. The van der Waals surface area contributed by atoms with Crippen LogP contribution in [0.15, 0.2) is 0 Å². The summed E-state index contributed by atoms with van der Waals surface area (Å²) in [6.07, 6.45) is 0.826. The first-order valence-electron chi connectivity index (χ1n) is 4.63. The Morgan fingerprint density at radius 2 is 2.07 bits per heavy atom. The van der Waals surface area contributed by atoms with Gasteiger partial charge in [-0.3, -0.25) is 9.59 Å². The second kappa shape index (κ2) is 6.37. The molecule has 0 bridgehead atoms. The maximum Gasteiger partial charge on any atom is 0.325 e. The summed E-state index contributed by atoms with van der Waals surface area (Å²) in [5, 5.41) is 2.41. The molecule has 82 valence electrons. The van der Waals surface area contributed by atoms with Gasteiger partial charge in [0.15, 0.2) is 0 Å². The monoisotopic (exact) mass is 202 g/mol. The van der Waals surface area contributed by atoms with E-state index in [1.54, 1.807) is 0 Å². The van der Waals surface area contributed by atoms with Crippen molar-refractivity contribution in [3.8, 4) is 0 Å². The molecule has 0 fully saturated rings. The molecule has 5 heteroatoms. The lowest BCUT2D eigenvalue weighted by molar-refractivity contribution is -0.141. The van der Waals surface area contributed by atoms with Crippen LogP contribution in [-0.2, 0) is 14.3 Å². The molecule has 2 atom stereocenters. The molecule has 0 radical (unpaired) electrons. The number of nitrogens with one attached hydrogen (secondary N) is 1. The standard InChI is InChI=1S/C9H18N2O3/c1-4-6(2)8(10)9(13)11-5-7(12)14-3/h6,8H,4-5,10H2,1-3H3,(H,11,13). The van der Waals surface area contributed by atoms with Crippen molar-refractivity contribution in [3.05, 3.63) is 0 Å². The molecule has 0 aliphatic carbocycles. The quantitative estimate of drug-likeness (QED) is 0.597. The van der Waals surface area contributed by atoms with Crippen LogP contribution in [0.3, 0.4) is 0 Å². The van der Waals surface area contributed by atoms with Crippen molar-refractivity contribution in [3.63, 3.8) is 0 Å². The van der Waals surface area contributed by atoms with Crippen LogP contribution in [0.2, 0.25) is 0 Å². The number of carbonyl (C=O) groups is 2. The summed E-state index contributed by atoms with van der Waals surface area (Å²) in [6, 6.07) is -0.565. The molecule has 0 aliphatic heterocycles. The predicted octanol–water partition coefficient (Wildman–Crippen LogP) is -0.351. The van der Waals surface area contributed by atoms with Crippen LogP contribution >= 0.6 is 0 Å². The summed E-state index contributed by atoms with van der Waals surface area (Å²) < 4.78 is 4.37. The van der Waals surface area contributed by atoms with E-state index in [0.717, 1.165) is 6.42 Å². The molecular weight excluding hydrogens is 184 g/mol. The first-order valence-corrected chi connectivity index (χ1v) is 4.63. The first kappa shape index (κ1) is 12.9. The Morgan fingerprint density at radius 3 is 2.50 bits per heavy atom. The van der Waals surface area contributed by atoms with Gasteiger partial charge in [-0.2, -0.15) is 0 Å². The van der Waals surface area contributed by atoms with Crippen LogP contribution < -0.4 is 11.1 Å². The molecule has 0 aromatic rings. The van der Waals surface area contributed by atoms with Crippen molar-refractivity contribution in [2.75, 3.05) is 13.7 Å². The fourth-order valence-electron chi connectivity index (χ4n) is 0.862. The molecular formula is C9H18N2O3. The zero-order valence-corrected chi connectivity index (χ0v) is 8.87. The third kappa shape index (κ3) is 4.23. The molecule has 2 unspecified atom stereocenters. The number of carbonyl (C=O) groups excluding carboxylic acids is 2. The summed E-state index contributed by atoms with van der Waals surface area (Å²) in [5.41, 5.74) is 5.63. The van der Waals surface area contributed by atoms with Gasteiger partial charge in [0.2, 0.25) is 5.91 Å². The van der Waals surface area contributed by atoms with E-state index in [9.17, 15) is 9.59 Å². The van der Waals surface area contributed by atoms with Crippen LogP contribution in [0.25, 0.3) is 0 Å². The minimum Gasteiger partial charge on any atom is -0.468 e. The summed E-state index contributed by atoms with van der Waals surface area (Å²) in [4.78, 5) is 22.0. The molecule has 0 saturated carbocycles. The Balaban J connectivity index is 3.90. The van der Waals surface area contributed by atoms with Gasteiger partial charge in [-0.15, -0.1) is 0 Å². The van der Waals surface area contributed by atoms with Gasteiger partial charge in [-0.25, -0.2) is 0 Å². The fraction of sp³-hybridized carbons (Fsp3) is 0.778. The van der Waals surface area contributed by atoms with Gasteiger partial charge in [-0.1, -0.05) is 20.3 Å². The van der Waals surface area contributed by atoms with Crippen molar-refractivity contribution >= 4 is 11.9 Å². The lowest BCUT2D eigenvalue weighted by Gasteiger charge is -2.17. The number of hydrogen-bond acceptors (Lipinski definition) is 4. The van der Waals surface area contributed by atoms with E-state index >= 15 is 0 Å². The summed E-state index contributed by atoms with van der Waals surface area (Å²) >= 11 is 0. The summed E-state index contributed by atoms with van der Waals surface area (Å²) in [7, 11) is 1.27. The smallest absolute Gasteiger partial charge is 0.325 e. The van der Waals surface area contributed by atoms with E-state index in [2.05, 4.69) is 10.1 Å². The summed E-state index contributed by atoms with van der Waals surface area (Å²) in [6.45, 7) is 3.72. The zero-order chi connectivity index (χ0) is 11.1. The number of amides is 1. The number of methoxy groups -OCH3 is 1. The highest BCUT2D eigenvalue weighted by Crippen LogP contribution is 2.04. The van der Waals surface area contributed by atoms with Crippen LogP contribution in [0.5, 0.6) is 0 Å². The minimum absolute atomic E-state index is 0.104. The Labute approximate surface area is 84.0 Å². The lowest BCUT2D eigenvalue weighted by Crippen LogP contribution is -2.46. The van der Waals surface area contributed by atoms with E-state index in [0.29, 0.717) is 0 Å². The van der Waals surface area contributed by atoms with Gasteiger partial charge in [-0.05, 0) is 5.92 Å². The van der Waals surface area contributed by atoms with Gasteiger partial charge >= 0.3 is 5.97 Å². The molecule has 0 rings (SSSR count). The molecule has 1 amide bonds. The van der Waals surface area contributed by atoms with Gasteiger partial charge in [0.05, 0.1) is 13.2 Å². The number of esters is 1. The third-order valence-corrected chi connectivity index (χ3v) is 2.19. The largest absolute Gasteiger partial charge is 0.468 e.